The Labute approximate surface area is 164 Å². The number of quaternary nitrogens is 1. The van der Waals surface area contributed by atoms with Gasteiger partial charge in [0.2, 0.25) is 0 Å². The van der Waals surface area contributed by atoms with E-state index in [1.165, 1.54) is 21.7 Å². The van der Waals surface area contributed by atoms with Gasteiger partial charge in [-0.25, -0.2) is 0 Å². The molecule has 26 heavy (non-hydrogen) atoms. The topological polar surface area (TPSA) is 36.8 Å². The summed E-state index contributed by atoms with van der Waals surface area (Å²) in [7, 11) is 0. The second kappa shape index (κ2) is 8.30. The Morgan fingerprint density at radius 1 is 1.12 bits per heavy atom. The number of benzene rings is 2. The molecule has 3 rings (SSSR count). The molecule has 2 N–H and O–H groups in total. The third kappa shape index (κ3) is 4.70. The Morgan fingerprint density at radius 3 is 2.54 bits per heavy atom. The molecule has 1 fully saturated rings. The first-order chi connectivity index (χ1) is 12.4. The Kier molecular flexibility index (Phi) is 6.07. The number of hydrogen-bond acceptors (Lipinski definition) is 2. The lowest BCUT2D eigenvalue weighted by Crippen LogP contribution is -3.15. The first-order valence-electron chi connectivity index (χ1n) is 8.83. The molecule has 2 aromatic carbocycles. The van der Waals surface area contributed by atoms with Crippen LogP contribution >= 0.6 is 23.2 Å². The van der Waals surface area contributed by atoms with Crippen LogP contribution in [0.15, 0.2) is 36.4 Å². The minimum absolute atomic E-state index is 0.0378. The van der Waals surface area contributed by atoms with Crippen LogP contribution in [0.1, 0.15) is 11.1 Å². The van der Waals surface area contributed by atoms with Crippen LogP contribution < -0.4 is 15.1 Å². The molecule has 0 aliphatic carbocycles. The van der Waals surface area contributed by atoms with Crippen molar-refractivity contribution in [2.75, 3.05) is 42.9 Å². The fourth-order valence-corrected chi connectivity index (χ4v) is 3.75. The summed E-state index contributed by atoms with van der Waals surface area (Å²) in [4.78, 5) is 16.0. The smallest absolute Gasteiger partial charge is 0.279 e. The summed E-state index contributed by atoms with van der Waals surface area (Å²) < 4.78 is 0. The van der Waals surface area contributed by atoms with Crippen LogP contribution in [0.3, 0.4) is 0 Å². The monoisotopic (exact) mass is 392 g/mol. The molecule has 1 amide bonds. The highest BCUT2D eigenvalue weighted by Gasteiger charge is 2.23. The van der Waals surface area contributed by atoms with Crippen LogP contribution in [0.25, 0.3) is 0 Å². The average molecular weight is 393 g/mol. The van der Waals surface area contributed by atoms with Crippen LogP contribution in [0.2, 0.25) is 10.0 Å². The molecule has 1 saturated heterocycles. The molecule has 4 nitrogen and oxygen atoms in total. The number of rotatable bonds is 4. The van der Waals surface area contributed by atoms with Crippen LogP contribution in [0.4, 0.5) is 11.4 Å². The maximum Gasteiger partial charge on any atom is 0.279 e. The van der Waals surface area contributed by atoms with E-state index in [0.29, 0.717) is 22.3 Å². The molecular weight excluding hydrogens is 369 g/mol. The van der Waals surface area contributed by atoms with Gasteiger partial charge >= 0.3 is 0 Å². The molecule has 0 unspecified atom stereocenters. The van der Waals surface area contributed by atoms with Crippen LogP contribution in [0.5, 0.6) is 0 Å². The number of halogens is 2. The van der Waals surface area contributed by atoms with Gasteiger partial charge in [0.05, 0.1) is 36.9 Å². The van der Waals surface area contributed by atoms with Crippen molar-refractivity contribution in [1.82, 2.24) is 0 Å². The lowest BCUT2D eigenvalue weighted by molar-refractivity contribution is -0.892. The van der Waals surface area contributed by atoms with Crippen molar-refractivity contribution in [3.8, 4) is 0 Å². The highest BCUT2D eigenvalue weighted by Crippen LogP contribution is 2.25. The van der Waals surface area contributed by atoms with E-state index in [2.05, 4.69) is 42.3 Å². The van der Waals surface area contributed by atoms with Crippen molar-refractivity contribution in [1.29, 1.82) is 0 Å². The number of carbonyl (C=O) groups is 1. The molecule has 6 heteroatoms. The summed E-state index contributed by atoms with van der Waals surface area (Å²) in [5.41, 5.74) is 4.45. The standard InChI is InChI=1S/C20H23Cl2N3O/c1-14-3-6-19(15(2)11-14)25-9-7-24(8-10-25)13-20(26)23-18-12-16(21)4-5-17(18)22/h3-6,11-12H,7-10,13H2,1-2H3,(H,23,26)/p+1. The molecule has 1 aliphatic heterocycles. The zero-order chi connectivity index (χ0) is 18.7. The molecule has 1 aliphatic rings. The highest BCUT2D eigenvalue weighted by atomic mass is 35.5. The van der Waals surface area contributed by atoms with Gasteiger partial charge in [0.1, 0.15) is 0 Å². The lowest BCUT2D eigenvalue weighted by Gasteiger charge is -2.34. The molecule has 0 atom stereocenters. The minimum atomic E-state index is -0.0378. The van der Waals surface area contributed by atoms with Crippen molar-refractivity contribution in [3.05, 3.63) is 57.6 Å². The second-order valence-electron chi connectivity index (χ2n) is 6.88. The quantitative estimate of drug-likeness (QED) is 0.838. The van der Waals surface area contributed by atoms with Gasteiger partial charge in [0, 0.05) is 10.7 Å². The SMILES string of the molecule is Cc1ccc(N2CC[NH+](CC(=O)Nc3cc(Cl)ccc3Cl)CC2)c(C)c1. The second-order valence-corrected chi connectivity index (χ2v) is 7.72. The summed E-state index contributed by atoms with van der Waals surface area (Å²) in [6, 6.07) is 11.6. The molecule has 0 saturated carbocycles. The maximum atomic E-state index is 12.3. The van der Waals surface area contributed by atoms with E-state index in [-0.39, 0.29) is 5.91 Å². The van der Waals surface area contributed by atoms with E-state index in [1.54, 1.807) is 18.2 Å². The predicted octanol–water partition coefficient (Wildman–Crippen LogP) is 2.95. The van der Waals surface area contributed by atoms with E-state index in [1.807, 2.05) is 0 Å². The summed E-state index contributed by atoms with van der Waals surface area (Å²) in [5, 5.41) is 3.92. The predicted molar refractivity (Wildman–Crippen MR) is 109 cm³/mol. The molecule has 0 aromatic heterocycles. The number of nitrogens with one attached hydrogen (secondary N) is 2. The van der Waals surface area contributed by atoms with Crippen molar-refractivity contribution < 1.29 is 9.69 Å². The molecule has 0 spiro atoms. The first kappa shape index (κ1) is 19.0. The van der Waals surface area contributed by atoms with Gasteiger partial charge in [-0.15, -0.1) is 0 Å². The minimum Gasteiger partial charge on any atom is -0.360 e. The molecule has 0 bridgehead atoms. The first-order valence-corrected chi connectivity index (χ1v) is 9.58. The van der Waals surface area contributed by atoms with Gasteiger partial charge in [-0.05, 0) is 43.7 Å². The molecule has 2 aromatic rings. The number of nitrogens with zero attached hydrogens (tertiary/aromatic N) is 1. The molecule has 1 heterocycles. The van der Waals surface area contributed by atoms with Crippen molar-refractivity contribution >= 4 is 40.5 Å². The molecular formula is C20H24Cl2N3O+. The summed E-state index contributed by atoms with van der Waals surface area (Å²) in [6.45, 7) is 8.47. The normalized spacial score (nSPS) is 15.2. The Hall–Kier alpha value is -1.75. The van der Waals surface area contributed by atoms with E-state index in [0.717, 1.165) is 26.2 Å². The van der Waals surface area contributed by atoms with Gasteiger partial charge in [0.15, 0.2) is 6.54 Å². The number of aryl methyl sites for hydroxylation is 2. The van der Waals surface area contributed by atoms with Gasteiger partial charge < -0.3 is 15.1 Å². The summed E-state index contributed by atoms with van der Waals surface area (Å²) in [5.74, 6) is -0.0378. The number of hydrogen-bond donors (Lipinski definition) is 2. The number of anilines is 2. The average Bonchev–Trinajstić information content (AvgIpc) is 2.59. The zero-order valence-corrected chi connectivity index (χ0v) is 16.6. The summed E-state index contributed by atoms with van der Waals surface area (Å²) in [6.07, 6.45) is 0. The van der Waals surface area contributed by atoms with E-state index < -0.39 is 0 Å². The van der Waals surface area contributed by atoms with E-state index in [4.69, 9.17) is 23.2 Å². The van der Waals surface area contributed by atoms with E-state index >= 15 is 0 Å². The van der Waals surface area contributed by atoms with Gasteiger partial charge in [-0.3, -0.25) is 4.79 Å². The van der Waals surface area contributed by atoms with Crippen molar-refractivity contribution in [3.63, 3.8) is 0 Å². The fraction of sp³-hybridized carbons (Fsp3) is 0.350. The van der Waals surface area contributed by atoms with Crippen molar-refractivity contribution in [2.45, 2.75) is 13.8 Å². The maximum absolute atomic E-state index is 12.3. The van der Waals surface area contributed by atoms with Crippen molar-refractivity contribution in [2.24, 2.45) is 0 Å². The van der Waals surface area contributed by atoms with Crippen LogP contribution in [-0.4, -0.2) is 38.6 Å². The largest absolute Gasteiger partial charge is 0.360 e. The van der Waals surface area contributed by atoms with Crippen LogP contribution in [-0.2, 0) is 4.79 Å². The molecule has 138 valence electrons. The zero-order valence-electron chi connectivity index (χ0n) is 15.1. The Balaban J connectivity index is 1.53. The fourth-order valence-electron chi connectivity index (χ4n) is 3.42. The van der Waals surface area contributed by atoms with Gasteiger partial charge in [-0.2, -0.15) is 0 Å². The highest BCUT2D eigenvalue weighted by molar-refractivity contribution is 6.35. The summed E-state index contributed by atoms with van der Waals surface area (Å²) >= 11 is 12.1. The van der Waals surface area contributed by atoms with Gasteiger partial charge in [-0.1, -0.05) is 40.9 Å². The number of amides is 1. The van der Waals surface area contributed by atoms with Crippen LogP contribution in [0, 0.1) is 13.8 Å². The molecule has 0 radical (unpaired) electrons. The Bertz CT molecular complexity index is 802. The third-order valence-corrected chi connectivity index (χ3v) is 5.34. The number of carbonyl (C=O) groups excluding carboxylic acids is 1. The van der Waals surface area contributed by atoms with Gasteiger partial charge in [0.25, 0.3) is 5.91 Å². The Morgan fingerprint density at radius 2 is 1.85 bits per heavy atom. The van der Waals surface area contributed by atoms with E-state index in [9.17, 15) is 4.79 Å². The lowest BCUT2D eigenvalue weighted by atomic mass is 10.1. The third-order valence-electron chi connectivity index (χ3n) is 4.78. The number of piperazine rings is 1.